The van der Waals surface area contributed by atoms with Crippen molar-refractivity contribution in [2.45, 2.75) is 30.1 Å². The summed E-state index contributed by atoms with van der Waals surface area (Å²) in [6.45, 7) is 2.22. The molecule has 0 radical (unpaired) electrons. The molecule has 142 valence electrons. The fourth-order valence-corrected chi connectivity index (χ4v) is 5.03. The first kappa shape index (κ1) is 17.8. The van der Waals surface area contributed by atoms with Crippen LogP contribution in [0.1, 0.15) is 30.7 Å². The van der Waals surface area contributed by atoms with E-state index in [2.05, 4.69) is 24.9 Å². The zero-order valence-corrected chi connectivity index (χ0v) is 15.2. The van der Waals surface area contributed by atoms with Gasteiger partial charge in [0.15, 0.2) is 11.3 Å². The van der Waals surface area contributed by atoms with Crippen molar-refractivity contribution in [1.82, 2.24) is 24.9 Å². The van der Waals surface area contributed by atoms with E-state index in [1.54, 1.807) is 18.2 Å². The number of aliphatic hydroxyl groups excluding tert-OH is 1. The number of aliphatic hydroxyl groups is 1. The molecule has 3 unspecified atom stereocenters. The van der Waals surface area contributed by atoms with E-state index >= 15 is 0 Å². The van der Waals surface area contributed by atoms with Crippen molar-refractivity contribution in [2.24, 2.45) is 5.14 Å². The van der Waals surface area contributed by atoms with Crippen molar-refractivity contribution in [3.63, 3.8) is 0 Å². The molecule has 1 aliphatic rings. The lowest BCUT2D eigenvalue weighted by Crippen LogP contribution is -2.60. The fourth-order valence-electron chi connectivity index (χ4n) is 3.61. The van der Waals surface area contributed by atoms with Gasteiger partial charge < -0.3 is 14.8 Å². The number of primary sulfonamides is 1. The highest BCUT2D eigenvalue weighted by molar-refractivity contribution is 7.90. The molecule has 3 aromatic rings. The van der Waals surface area contributed by atoms with Crippen LogP contribution in [0.4, 0.5) is 0 Å². The molecule has 1 aliphatic carbocycles. The minimum absolute atomic E-state index is 0.106. The maximum absolute atomic E-state index is 12.7. The summed E-state index contributed by atoms with van der Waals surface area (Å²) in [4.78, 5) is 19.6. The summed E-state index contributed by atoms with van der Waals surface area (Å²) in [6, 6.07) is 4.99. The Hall–Kier alpha value is -2.63. The Morgan fingerprint density at radius 3 is 2.89 bits per heavy atom. The van der Waals surface area contributed by atoms with E-state index in [9.17, 15) is 13.5 Å². The van der Waals surface area contributed by atoms with Gasteiger partial charge in [-0.05, 0) is 13.0 Å². The summed E-state index contributed by atoms with van der Waals surface area (Å²) in [5.41, 5.74) is 1.20. The van der Waals surface area contributed by atoms with Crippen LogP contribution in [0, 0.1) is 0 Å². The molecule has 0 bridgehead atoms. The van der Waals surface area contributed by atoms with Gasteiger partial charge in [-0.3, -0.25) is 0 Å². The number of ether oxygens (including phenoxy) is 1. The third-order valence-corrected chi connectivity index (χ3v) is 6.48. The maximum Gasteiger partial charge on any atom is 0.221 e. The second kappa shape index (κ2) is 6.22. The monoisotopic (exact) mass is 390 g/mol. The Labute approximate surface area is 154 Å². The van der Waals surface area contributed by atoms with Crippen LogP contribution >= 0.6 is 0 Å². The summed E-state index contributed by atoms with van der Waals surface area (Å²) >= 11 is 0. The molecular weight excluding hydrogens is 372 g/mol. The first-order chi connectivity index (χ1) is 12.9. The predicted octanol–water partition coefficient (Wildman–Crippen LogP) is 0.179. The highest BCUT2D eigenvalue weighted by Crippen LogP contribution is 2.56. The van der Waals surface area contributed by atoms with Gasteiger partial charge in [-0.25, -0.2) is 33.5 Å². The number of nitrogens with zero attached hydrogens (tertiary/aromatic N) is 4. The van der Waals surface area contributed by atoms with Crippen LogP contribution in [0.25, 0.3) is 11.3 Å². The summed E-state index contributed by atoms with van der Waals surface area (Å²) in [5.74, 6) is -0.560. The van der Waals surface area contributed by atoms with Gasteiger partial charge in [-0.1, -0.05) is 6.07 Å². The van der Waals surface area contributed by atoms with Crippen LogP contribution in [-0.2, 0) is 14.8 Å². The van der Waals surface area contributed by atoms with Gasteiger partial charge in [0.25, 0.3) is 0 Å². The third kappa shape index (κ3) is 2.66. The predicted molar refractivity (Wildman–Crippen MR) is 95.2 cm³/mol. The second-order valence-corrected chi connectivity index (χ2v) is 8.17. The third-order valence-electron chi connectivity index (χ3n) is 4.84. The normalized spacial score (nSPS) is 25.3. The molecule has 0 spiro atoms. The number of pyridine rings is 1. The molecule has 0 aromatic carbocycles. The number of nitrogens with one attached hydrogen (secondary N) is 1. The molecule has 4 rings (SSSR count). The van der Waals surface area contributed by atoms with Gasteiger partial charge in [0.2, 0.25) is 15.9 Å². The molecule has 0 aliphatic heterocycles. The zero-order chi connectivity index (χ0) is 19.2. The van der Waals surface area contributed by atoms with Crippen LogP contribution in [0.5, 0.6) is 5.88 Å². The average molecular weight is 390 g/mol. The largest absolute Gasteiger partial charge is 0.478 e. The molecular formula is C16H18N6O4S. The molecule has 4 N–H and O–H groups in total. The number of aromatic amines is 1. The zero-order valence-electron chi connectivity index (χ0n) is 14.4. The Morgan fingerprint density at radius 2 is 2.19 bits per heavy atom. The van der Waals surface area contributed by atoms with E-state index in [1.807, 2.05) is 6.92 Å². The minimum Gasteiger partial charge on any atom is -0.478 e. The molecule has 3 heterocycles. The molecule has 1 fully saturated rings. The number of H-pyrrole nitrogens is 1. The number of imidazole rings is 1. The SMILES string of the molecule is CCOc1cccc(C2C(O)CC2(c2cnc3nc[nH]c3n2)S(N)(=O)=O)n1. The van der Waals surface area contributed by atoms with E-state index in [0.717, 1.165) is 0 Å². The molecule has 27 heavy (non-hydrogen) atoms. The van der Waals surface area contributed by atoms with E-state index in [0.29, 0.717) is 29.5 Å². The highest BCUT2D eigenvalue weighted by atomic mass is 32.2. The van der Waals surface area contributed by atoms with E-state index < -0.39 is 26.8 Å². The quantitative estimate of drug-likeness (QED) is 0.557. The maximum atomic E-state index is 12.7. The number of hydrogen-bond acceptors (Lipinski definition) is 8. The standard InChI is InChI=1S/C16H18N6O4S/c1-2-26-12-5-3-4-9(21-12)13-10(23)6-16(13,27(17,24)25)11-7-18-14-15(22-11)20-8-19-14/h3-5,7-8,10,13,23H,2,6H2,1H3,(H2,17,24,25)(H,18,19,20,22). The first-order valence-corrected chi connectivity index (χ1v) is 9.88. The smallest absolute Gasteiger partial charge is 0.221 e. The molecule has 0 amide bonds. The fraction of sp³-hybridized carbons (Fsp3) is 0.375. The van der Waals surface area contributed by atoms with Crippen molar-refractivity contribution < 1.29 is 18.3 Å². The number of aromatic nitrogens is 5. The van der Waals surface area contributed by atoms with Crippen LogP contribution in [0.15, 0.2) is 30.7 Å². The van der Waals surface area contributed by atoms with Crippen molar-refractivity contribution in [3.05, 3.63) is 42.1 Å². The Kier molecular flexibility index (Phi) is 4.09. The van der Waals surface area contributed by atoms with E-state index in [-0.39, 0.29) is 12.1 Å². The minimum atomic E-state index is -4.17. The van der Waals surface area contributed by atoms with Crippen molar-refractivity contribution in [1.29, 1.82) is 0 Å². The van der Waals surface area contributed by atoms with Gasteiger partial charge in [0, 0.05) is 12.5 Å². The highest BCUT2D eigenvalue weighted by Gasteiger charge is 2.64. The van der Waals surface area contributed by atoms with Gasteiger partial charge in [-0.15, -0.1) is 0 Å². The first-order valence-electron chi connectivity index (χ1n) is 8.33. The van der Waals surface area contributed by atoms with Crippen molar-refractivity contribution in [2.75, 3.05) is 6.61 Å². The average Bonchev–Trinajstić information content (AvgIpc) is 3.06. The van der Waals surface area contributed by atoms with Crippen LogP contribution < -0.4 is 9.88 Å². The van der Waals surface area contributed by atoms with E-state index in [1.165, 1.54) is 12.5 Å². The lowest BCUT2D eigenvalue weighted by atomic mass is 9.66. The summed E-state index contributed by atoms with van der Waals surface area (Å²) in [6.07, 6.45) is 1.69. The lowest BCUT2D eigenvalue weighted by molar-refractivity contribution is 0.0206. The summed E-state index contributed by atoms with van der Waals surface area (Å²) in [7, 11) is -4.17. The Balaban J connectivity index is 1.88. The van der Waals surface area contributed by atoms with E-state index in [4.69, 9.17) is 9.88 Å². The van der Waals surface area contributed by atoms with Gasteiger partial charge in [0.1, 0.15) is 4.75 Å². The van der Waals surface area contributed by atoms with Crippen LogP contribution in [0.2, 0.25) is 0 Å². The second-order valence-electron chi connectivity index (χ2n) is 6.35. The number of sulfonamides is 1. The van der Waals surface area contributed by atoms with Gasteiger partial charge >= 0.3 is 0 Å². The molecule has 3 aromatic heterocycles. The van der Waals surface area contributed by atoms with Gasteiger partial charge in [0.05, 0.1) is 42.5 Å². The van der Waals surface area contributed by atoms with Crippen LogP contribution in [0.3, 0.4) is 0 Å². The summed E-state index contributed by atoms with van der Waals surface area (Å²) < 4.78 is 29.1. The van der Waals surface area contributed by atoms with Crippen molar-refractivity contribution in [3.8, 4) is 5.88 Å². The number of hydrogen-bond donors (Lipinski definition) is 3. The Bertz CT molecular complexity index is 1100. The number of fused-ring (bicyclic) bond motifs is 1. The number of rotatable bonds is 5. The van der Waals surface area contributed by atoms with Crippen LogP contribution in [-0.4, -0.2) is 51.2 Å². The summed E-state index contributed by atoms with van der Waals surface area (Å²) in [5, 5.41) is 16.1. The topological polar surface area (TPSA) is 157 Å². The molecule has 0 saturated heterocycles. The lowest BCUT2D eigenvalue weighted by Gasteiger charge is -2.49. The molecule has 1 saturated carbocycles. The van der Waals surface area contributed by atoms with Gasteiger partial charge in [-0.2, -0.15) is 0 Å². The van der Waals surface area contributed by atoms with Crippen molar-refractivity contribution >= 4 is 21.3 Å². The Morgan fingerprint density at radius 1 is 1.37 bits per heavy atom. The number of nitrogens with two attached hydrogens (primary N) is 1. The molecule has 3 atom stereocenters. The molecule has 11 heteroatoms. The molecule has 10 nitrogen and oxygen atoms in total.